The highest BCUT2D eigenvalue weighted by Gasteiger charge is 2.58. The molecule has 0 spiro atoms. The van der Waals surface area contributed by atoms with Gasteiger partial charge in [0.25, 0.3) is 5.91 Å². The molecule has 27 heavy (non-hydrogen) atoms. The highest BCUT2D eigenvalue weighted by molar-refractivity contribution is 6.30. The van der Waals surface area contributed by atoms with Gasteiger partial charge in [-0.2, -0.15) is 0 Å². The summed E-state index contributed by atoms with van der Waals surface area (Å²) in [4.78, 5) is 15.8. The van der Waals surface area contributed by atoms with Gasteiger partial charge in [-0.1, -0.05) is 43.6 Å². The lowest BCUT2D eigenvalue weighted by Gasteiger charge is -2.06. The highest BCUT2D eigenvalue weighted by atomic mass is 35.5. The van der Waals surface area contributed by atoms with Crippen LogP contribution >= 0.6 is 11.6 Å². The summed E-state index contributed by atoms with van der Waals surface area (Å²) >= 11 is 5.89. The number of benzene rings is 2. The molecule has 2 atom stereocenters. The van der Waals surface area contributed by atoms with Gasteiger partial charge in [0.2, 0.25) is 0 Å². The summed E-state index contributed by atoms with van der Waals surface area (Å²) < 4.78 is 0. The van der Waals surface area contributed by atoms with Crippen LogP contribution in [0.1, 0.15) is 47.8 Å². The van der Waals surface area contributed by atoms with Crippen molar-refractivity contribution in [1.82, 2.24) is 10.3 Å². The molecular weight excluding hydrogens is 356 g/mol. The maximum absolute atomic E-state index is 12.3. The van der Waals surface area contributed by atoms with Crippen molar-refractivity contribution in [2.45, 2.75) is 33.1 Å². The first-order chi connectivity index (χ1) is 12.9. The molecule has 140 valence electrons. The summed E-state index contributed by atoms with van der Waals surface area (Å²) in [5.41, 5.74) is 4.83. The number of fused-ring (bicyclic) bond motifs is 1. The van der Waals surface area contributed by atoms with E-state index in [1.54, 1.807) is 24.3 Å². The van der Waals surface area contributed by atoms with Gasteiger partial charge in [-0.3, -0.25) is 4.79 Å². The Kier molecular flexibility index (Phi) is 4.51. The van der Waals surface area contributed by atoms with Crippen molar-refractivity contribution in [2.75, 3.05) is 6.54 Å². The predicted molar refractivity (Wildman–Crippen MR) is 111 cm³/mol. The van der Waals surface area contributed by atoms with Crippen LogP contribution in [-0.4, -0.2) is 17.4 Å². The third kappa shape index (κ3) is 3.25. The molecule has 0 aliphatic heterocycles. The number of para-hydroxylation sites is 1. The van der Waals surface area contributed by atoms with E-state index in [9.17, 15) is 4.79 Å². The van der Waals surface area contributed by atoms with Gasteiger partial charge in [-0.15, -0.1) is 0 Å². The molecule has 2 aromatic carbocycles. The standard InChI is InChI=1S/C23H25ClN2O/c1-14-20(17-6-4-5-7-19(17)26-14)21-18(23(21,2)3)12-13-25-22(27)15-8-10-16(24)11-9-15/h4-11,18,21,26H,12-13H2,1-3H3,(H,25,27)/t18-,21-/m0/s1. The van der Waals surface area contributed by atoms with Crippen LogP contribution in [0.25, 0.3) is 10.9 Å². The second-order valence-corrected chi connectivity index (χ2v) is 8.60. The number of amides is 1. The molecule has 4 rings (SSSR count). The quantitative estimate of drug-likeness (QED) is 0.586. The third-order valence-corrected chi connectivity index (χ3v) is 6.40. The number of hydrogen-bond acceptors (Lipinski definition) is 1. The van der Waals surface area contributed by atoms with Gasteiger partial charge in [0.05, 0.1) is 0 Å². The van der Waals surface area contributed by atoms with Crippen LogP contribution in [0.3, 0.4) is 0 Å². The summed E-state index contributed by atoms with van der Waals surface area (Å²) in [7, 11) is 0. The summed E-state index contributed by atoms with van der Waals surface area (Å²) in [6.45, 7) is 7.53. The van der Waals surface area contributed by atoms with E-state index in [0.29, 0.717) is 29.0 Å². The van der Waals surface area contributed by atoms with E-state index in [-0.39, 0.29) is 11.3 Å². The largest absolute Gasteiger partial charge is 0.358 e. The number of carbonyl (C=O) groups excluding carboxylic acids is 1. The number of rotatable bonds is 5. The molecule has 0 unspecified atom stereocenters. The average molecular weight is 381 g/mol. The van der Waals surface area contributed by atoms with Crippen LogP contribution in [0.5, 0.6) is 0 Å². The van der Waals surface area contributed by atoms with Gasteiger partial charge in [0.1, 0.15) is 0 Å². The van der Waals surface area contributed by atoms with Crippen molar-refractivity contribution in [1.29, 1.82) is 0 Å². The number of halogens is 1. The van der Waals surface area contributed by atoms with Gasteiger partial charge in [-0.25, -0.2) is 0 Å². The number of hydrogen-bond donors (Lipinski definition) is 2. The minimum atomic E-state index is -0.0371. The van der Waals surface area contributed by atoms with Gasteiger partial charge < -0.3 is 10.3 Å². The third-order valence-electron chi connectivity index (χ3n) is 6.15. The first-order valence-corrected chi connectivity index (χ1v) is 9.88. The molecule has 0 saturated heterocycles. The van der Waals surface area contributed by atoms with Crippen molar-refractivity contribution >= 4 is 28.4 Å². The Morgan fingerprint density at radius 2 is 1.85 bits per heavy atom. The molecule has 1 aliphatic carbocycles. The van der Waals surface area contributed by atoms with Crippen LogP contribution in [-0.2, 0) is 0 Å². The molecule has 4 heteroatoms. The molecule has 0 bridgehead atoms. The molecule has 3 nitrogen and oxygen atoms in total. The lowest BCUT2D eigenvalue weighted by atomic mass is 10.0. The Hall–Kier alpha value is -2.26. The predicted octanol–water partition coefficient (Wildman–Crippen LogP) is 5.69. The normalized spacial score (nSPS) is 20.6. The van der Waals surface area contributed by atoms with E-state index in [4.69, 9.17) is 11.6 Å². The van der Waals surface area contributed by atoms with Crippen molar-refractivity contribution < 1.29 is 4.79 Å². The van der Waals surface area contributed by atoms with E-state index in [1.165, 1.54) is 22.2 Å². The summed E-state index contributed by atoms with van der Waals surface area (Å²) in [5, 5.41) is 5.03. The van der Waals surface area contributed by atoms with Gasteiger partial charge >= 0.3 is 0 Å². The number of H-pyrrole nitrogens is 1. The SMILES string of the molecule is Cc1[nH]c2ccccc2c1[C@@H]1[C@H](CCNC(=O)c2ccc(Cl)cc2)C1(C)C. The number of aromatic nitrogens is 1. The lowest BCUT2D eigenvalue weighted by Crippen LogP contribution is -2.25. The molecule has 1 aliphatic rings. The van der Waals surface area contributed by atoms with Gasteiger partial charge in [-0.05, 0) is 66.5 Å². The Labute approximate surface area is 165 Å². The molecule has 1 aromatic heterocycles. The fraction of sp³-hybridized carbons (Fsp3) is 0.348. The summed E-state index contributed by atoms with van der Waals surface area (Å²) in [5.74, 6) is 1.06. The monoisotopic (exact) mass is 380 g/mol. The Balaban J connectivity index is 1.43. The molecular formula is C23H25ClN2O. The minimum Gasteiger partial charge on any atom is -0.358 e. The molecule has 0 radical (unpaired) electrons. The second-order valence-electron chi connectivity index (χ2n) is 8.17. The number of nitrogens with one attached hydrogen (secondary N) is 2. The van der Waals surface area contributed by atoms with Crippen LogP contribution in [0, 0.1) is 18.3 Å². The molecule has 1 amide bonds. The van der Waals surface area contributed by atoms with Crippen LogP contribution in [0.2, 0.25) is 5.02 Å². The maximum Gasteiger partial charge on any atom is 0.251 e. The van der Waals surface area contributed by atoms with Gasteiger partial charge in [0, 0.05) is 33.7 Å². The molecule has 2 N–H and O–H groups in total. The average Bonchev–Trinajstić information content (AvgIpc) is 3.00. The van der Waals surface area contributed by atoms with E-state index in [0.717, 1.165) is 6.42 Å². The maximum atomic E-state index is 12.3. The number of aromatic amines is 1. The Morgan fingerprint density at radius 1 is 1.15 bits per heavy atom. The number of aryl methyl sites for hydroxylation is 1. The van der Waals surface area contributed by atoms with E-state index < -0.39 is 0 Å². The van der Waals surface area contributed by atoms with E-state index in [2.05, 4.69) is 55.3 Å². The topological polar surface area (TPSA) is 44.9 Å². The molecule has 1 heterocycles. The van der Waals surface area contributed by atoms with Crippen molar-refractivity contribution in [3.05, 3.63) is 70.4 Å². The minimum absolute atomic E-state index is 0.0371. The Bertz CT molecular complexity index is 987. The van der Waals surface area contributed by atoms with E-state index >= 15 is 0 Å². The zero-order valence-electron chi connectivity index (χ0n) is 16.0. The summed E-state index contributed by atoms with van der Waals surface area (Å²) in [6, 6.07) is 15.5. The van der Waals surface area contributed by atoms with Crippen molar-refractivity contribution in [3.63, 3.8) is 0 Å². The molecule has 1 saturated carbocycles. The molecule has 1 fully saturated rings. The first-order valence-electron chi connectivity index (χ1n) is 9.50. The smallest absolute Gasteiger partial charge is 0.251 e. The molecule has 3 aromatic rings. The number of carbonyl (C=O) groups is 1. The fourth-order valence-corrected chi connectivity index (χ4v) is 4.73. The van der Waals surface area contributed by atoms with Crippen molar-refractivity contribution in [2.24, 2.45) is 11.3 Å². The van der Waals surface area contributed by atoms with Crippen molar-refractivity contribution in [3.8, 4) is 0 Å². The van der Waals surface area contributed by atoms with Gasteiger partial charge in [0.15, 0.2) is 0 Å². The van der Waals surface area contributed by atoms with Crippen LogP contribution < -0.4 is 5.32 Å². The zero-order valence-corrected chi connectivity index (χ0v) is 16.7. The lowest BCUT2D eigenvalue weighted by molar-refractivity contribution is 0.0952. The summed E-state index contributed by atoms with van der Waals surface area (Å²) in [6.07, 6.45) is 0.982. The van der Waals surface area contributed by atoms with Crippen LogP contribution in [0.15, 0.2) is 48.5 Å². The highest BCUT2D eigenvalue weighted by Crippen LogP contribution is 2.67. The first kappa shape index (κ1) is 18.1. The Morgan fingerprint density at radius 3 is 2.59 bits per heavy atom. The second kappa shape index (κ2) is 6.72. The van der Waals surface area contributed by atoms with E-state index in [1.807, 2.05) is 0 Å². The van der Waals surface area contributed by atoms with Crippen LogP contribution in [0.4, 0.5) is 0 Å². The zero-order chi connectivity index (χ0) is 19.2. The fourth-order valence-electron chi connectivity index (χ4n) is 4.60.